The zero-order chi connectivity index (χ0) is 26.0. The minimum atomic E-state index is -2.27. The third kappa shape index (κ3) is 8.22. The van der Waals surface area contributed by atoms with E-state index in [2.05, 4.69) is 98.8 Å². The Bertz CT molecular complexity index is 760. The summed E-state index contributed by atoms with van der Waals surface area (Å²) in [5.74, 6) is 0. The first-order chi connectivity index (χ1) is 14.6. The molecule has 1 unspecified atom stereocenters. The second kappa shape index (κ2) is 10.2. The zero-order valence-electron chi connectivity index (χ0n) is 23.2. The summed E-state index contributed by atoms with van der Waals surface area (Å²) in [6.45, 7) is 29.1. The van der Waals surface area contributed by atoms with Crippen molar-refractivity contribution >= 4 is 22.7 Å². The molecule has 3 atom stereocenters. The van der Waals surface area contributed by atoms with E-state index >= 15 is 0 Å². The van der Waals surface area contributed by atoms with Gasteiger partial charge in [-0.2, -0.15) is 0 Å². The molecule has 1 aromatic heterocycles. The van der Waals surface area contributed by atoms with E-state index in [0.29, 0.717) is 6.54 Å². The molecule has 1 amide bonds. The smallest absolute Gasteiger partial charge is 0.405 e. The van der Waals surface area contributed by atoms with E-state index in [1.807, 2.05) is 10.8 Å². The second-order valence-electron chi connectivity index (χ2n) is 13.3. The molecule has 1 heterocycles. The van der Waals surface area contributed by atoms with Crippen molar-refractivity contribution in [2.24, 2.45) is 5.41 Å². The van der Waals surface area contributed by atoms with Crippen molar-refractivity contribution in [2.45, 2.75) is 123 Å². The summed E-state index contributed by atoms with van der Waals surface area (Å²) < 4.78 is 16.0. The standard InChI is InChI=1S/C24H49N3O4Si2/c1-22(2,3)20(31-33(12,13)24(7,8)9)19(30-32(10,11)23(4,5)6)18(26-21(28)29)16-27-15-14-25-17-27/h14-15,17-20,26H,16H2,1-13H3,(H,28,29)/t18-,19-,20?/m0/s1. The first kappa shape index (κ1) is 29.9. The topological polar surface area (TPSA) is 85.6 Å². The molecule has 7 nitrogen and oxygen atoms in total. The monoisotopic (exact) mass is 499 g/mol. The van der Waals surface area contributed by atoms with Gasteiger partial charge < -0.3 is 23.8 Å². The molecule has 0 saturated carbocycles. The van der Waals surface area contributed by atoms with E-state index in [9.17, 15) is 9.90 Å². The molecule has 0 aliphatic rings. The van der Waals surface area contributed by atoms with Crippen LogP contribution in [-0.2, 0) is 15.4 Å². The quantitative estimate of drug-likeness (QED) is 0.387. The van der Waals surface area contributed by atoms with Crippen molar-refractivity contribution in [1.82, 2.24) is 14.9 Å². The number of carbonyl (C=O) groups is 1. The number of imidazole rings is 1. The number of carboxylic acid groups (broad SMARTS) is 1. The summed E-state index contributed by atoms with van der Waals surface area (Å²) in [4.78, 5) is 16.1. The van der Waals surface area contributed by atoms with E-state index in [1.165, 1.54) is 0 Å². The normalized spacial score (nSPS) is 16.9. The number of rotatable bonds is 9. The van der Waals surface area contributed by atoms with Crippen molar-refractivity contribution in [3.8, 4) is 0 Å². The van der Waals surface area contributed by atoms with Crippen molar-refractivity contribution in [3.63, 3.8) is 0 Å². The Balaban J connectivity index is 3.63. The van der Waals surface area contributed by atoms with Gasteiger partial charge in [-0.3, -0.25) is 0 Å². The highest BCUT2D eigenvalue weighted by atomic mass is 28.4. The Kier molecular flexibility index (Phi) is 9.24. The van der Waals surface area contributed by atoms with Crippen LogP contribution < -0.4 is 5.32 Å². The summed E-state index contributed by atoms with van der Waals surface area (Å²) in [7, 11) is -4.45. The fourth-order valence-electron chi connectivity index (χ4n) is 3.11. The molecule has 0 aliphatic heterocycles. The lowest BCUT2D eigenvalue weighted by molar-refractivity contribution is -0.0463. The van der Waals surface area contributed by atoms with Gasteiger partial charge in [-0.15, -0.1) is 0 Å². The summed E-state index contributed by atoms with van der Waals surface area (Å²) in [5.41, 5.74) is -0.268. The predicted octanol–water partition coefficient (Wildman–Crippen LogP) is 6.35. The van der Waals surface area contributed by atoms with Gasteiger partial charge in [0.2, 0.25) is 0 Å². The van der Waals surface area contributed by atoms with Crippen molar-refractivity contribution in [3.05, 3.63) is 18.7 Å². The van der Waals surface area contributed by atoms with Gasteiger partial charge in [0.05, 0.1) is 24.6 Å². The van der Waals surface area contributed by atoms with Crippen LogP contribution in [-0.4, -0.2) is 55.6 Å². The van der Waals surface area contributed by atoms with Gasteiger partial charge in [-0.25, -0.2) is 9.78 Å². The number of hydrogen-bond acceptors (Lipinski definition) is 4. The zero-order valence-corrected chi connectivity index (χ0v) is 25.2. The molecular formula is C24H49N3O4Si2. The highest BCUT2D eigenvalue weighted by Crippen LogP contribution is 2.44. The van der Waals surface area contributed by atoms with Crippen LogP contribution in [0, 0.1) is 5.41 Å². The minimum Gasteiger partial charge on any atom is -0.465 e. The Labute approximate surface area is 203 Å². The summed E-state index contributed by atoms with van der Waals surface area (Å²) in [6.07, 6.45) is 3.44. The fraction of sp³-hybridized carbons (Fsp3) is 0.833. The van der Waals surface area contributed by atoms with Gasteiger partial charge in [-0.05, 0) is 41.7 Å². The molecule has 33 heavy (non-hydrogen) atoms. The van der Waals surface area contributed by atoms with Crippen molar-refractivity contribution in [1.29, 1.82) is 0 Å². The predicted molar refractivity (Wildman–Crippen MR) is 141 cm³/mol. The van der Waals surface area contributed by atoms with Gasteiger partial charge in [0.15, 0.2) is 16.6 Å². The average molecular weight is 500 g/mol. The van der Waals surface area contributed by atoms with Crippen LogP contribution >= 0.6 is 0 Å². The number of amides is 1. The van der Waals surface area contributed by atoms with Crippen LogP contribution in [0.3, 0.4) is 0 Å². The van der Waals surface area contributed by atoms with Gasteiger partial charge in [0.25, 0.3) is 0 Å². The van der Waals surface area contributed by atoms with Gasteiger partial charge >= 0.3 is 6.09 Å². The van der Waals surface area contributed by atoms with E-state index in [1.54, 1.807) is 12.5 Å². The summed E-state index contributed by atoms with van der Waals surface area (Å²) in [6, 6.07) is -0.500. The van der Waals surface area contributed by atoms with Crippen LogP contribution in [0.15, 0.2) is 18.7 Å². The van der Waals surface area contributed by atoms with E-state index in [0.717, 1.165) is 0 Å². The maximum absolute atomic E-state index is 11.9. The lowest BCUT2D eigenvalue weighted by Crippen LogP contribution is -2.62. The number of nitrogens with zero attached hydrogens (tertiary/aromatic N) is 2. The van der Waals surface area contributed by atoms with Gasteiger partial charge in [0.1, 0.15) is 0 Å². The van der Waals surface area contributed by atoms with Crippen LogP contribution in [0.1, 0.15) is 62.3 Å². The summed E-state index contributed by atoms with van der Waals surface area (Å²) >= 11 is 0. The fourth-order valence-corrected chi connectivity index (χ4v) is 5.91. The van der Waals surface area contributed by atoms with Crippen LogP contribution in [0.5, 0.6) is 0 Å². The average Bonchev–Trinajstić information content (AvgIpc) is 3.07. The molecule has 0 saturated heterocycles. The Morgan fingerprint density at radius 1 is 0.970 bits per heavy atom. The molecule has 0 fully saturated rings. The van der Waals surface area contributed by atoms with E-state index in [-0.39, 0.29) is 21.6 Å². The van der Waals surface area contributed by atoms with Gasteiger partial charge in [0, 0.05) is 18.9 Å². The first-order valence-corrected chi connectivity index (χ1v) is 17.7. The highest BCUT2D eigenvalue weighted by Gasteiger charge is 2.50. The number of hydrogen-bond donors (Lipinski definition) is 2. The SMILES string of the molecule is CC(C)(C)C(O[Si](C)(C)C(C)(C)C)[C@@H](O[Si](C)(C)C(C)(C)C)[C@H](Cn1ccnc1)NC(=O)O. The maximum Gasteiger partial charge on any atom is 0.405 e. The van der Waals surface area contributed by atoms with Crippen molar-refractivity contribution < 1.29 is 18.8 Å². The first-order valence-electron chi connectivity index (χ1n) is 11.9. The van der Waals surface area contributed by atoms with E-state index in [4.69, 9.17) is 8.85 Å². The third-order valence-corrected chi connectivity index (χ3v) is 16.2. The molecule has 0 spiro atoms. The molecule has 0 aromatic carbocycles. The van der Waals surface area contributed by atoms with E-state index < -0.39 is 34.9 Å². The largest absolute Gasteiger partial charge is 0.465 e. The Hall–Kier alpha value is -1.17. The van der Waals surface area contributed by atoms with Crippen molar-refractivity contribution in [2.75, 3.05) is 0 Å². The van der Waals surface area contributed by atoms with Gasteiger partial charge in [-0.1, -0.05) is 62.3 Å². The van der Waals surface area contributed by atoms with Crippen LogP contribution in [0.4, 0.5) is 4.79 Å². The molecule has 192 valence electrons. The Morgan fingerprint density at radius 3 is 1.82 bits per heavy atom. The minimum absolute atomic E-state index is 0.0120. The molecular weight excluding hydrogens is 450 g/mol. The lowest BCUT2D eigenvalue weighted by atomic mass is 9.83. The van der Waals surface area contributed by atoms with Crippen LogP contribution in [0.25, 0.3) is 0 Å². The number of nitrogens with one attached hydrogen (secondary N) is 1. The highest BCUT2D eigenvalue weighted by molar-refractivity contribution is 6.74. The molecule has 1 aromatic rings. The molecule has 9 heteroatoms. The lowest BCUT2D eigenvalue weighted by Gasteiger charge is -2.50. The maximum atomic E-state index is 11.9. The third-order valence-electron chi connectivity index (χ3n) is 7.29. The molecule has 0 aliphatic carbocycles. The molecule has 1 rings (SSSR count). The number of aromatic nitrogens is 2. The second-order valence-corrected chi connectivity index (χ2v) is 22.8. The summed E-state index contributed by atoms with van der Waals surface area (Å²) in [5, 5.41) is 12.5. The molecule has 2 N–H and O–H groups in total. The molecule has 0 bridgehead atoms. The Morgan fingerprint density at radius 2 is 1.45 bits per heavy atom. The van der Waals surface area contributed by atoms with Crippen LogP contribution in [0.2, 0.25) is 36.3 Å². The molecule has 0 radical (unpaired) electrons.